The van der Waals surface area contributed by atoms with Crippen molar-refractivity contribution >= 4 is 39.6 Å². The molecule has 0 aromatic heterocycles. The highest BCUT2D eigenvalue weighted by atomic mass is 15.1. The molecule has 0 atom stereocenters. The second-order valence-corrected chi connectivity index (χ2v) is 16.4. The highest BCUT2D eigenvalue weighted by Gasteiger charge is 2.23. The lowest BCUT2D eigenvalue weighted by atomic mass is 9.79. The van der Waals surface area contributed by atoms with Crippen molar-refractivity contribution in [1.82, 2.24) is 0 Å². The maximum absolute atomic E-state index is 4.06. The first kappa shape index (κ1) is 41.7. The van der Waals surface area contributed by atoms with Crippen LogP contribution >= 0.6 is 0 Å². The molecule has 0 fully saturated rings. The predicted octanol–water partition coefficient (Wildman–Crippen LogP) is 17.1. The van der Waals surface area contributed by atoms with Crippen LogP contribution in [0.5, 0.6) is 0 Å². The van der Waals surface area contributed by atoms with E-state index < -0.39 is 0 Å². The minimum absolute atomic E-state index is 0.977. The van der Waals surface area contributed by atoms with E-state index in [1.807, 2.05) is 24.3 Å². The summed E-state index contributed by atoms with van der Waals surface area (Å²) >= 11 is 0. The van der Waals surface area contributed by atoms with Crippen LogP contribution in [0, 0.1) is 0 Å². The van der Waals surface area contributed by atoms with E-state index in [1.54, 1.807) is 0 Å². The summed E-state index contributed by atoms with van der Waals surface area (Å²) in [7, 11) is 0. The lowest BCUT2D eigenvalue weighted by Crippen LogP contribution is -2.14. The maximum atomic E-state index is 4.06. The summed E-state index contributed by atoms with van der Waals surface area (Å²) < 4.78 is 0. The van der Waals surface area contributed by atoms with Gasteiger partial charge in [0.2, 0.25) is 0 Å². The van der Waals surface area contributed by atoms with Gasteiger partial charge in [-0.1, -0.05) is 152 Å². The minimum Gasteiger partial charge on any atom is -0.311 e. The summed E-state index contributed by atoms with van der Waals surface area (Å²) in [6.45, 7) is 4.06. The van der Waals surface area contributed by atoms with E-state index in [1.165, 1.54) is 56.6 Å². The molecule has 2 nitrogen and oxygen atoms in total. The molecule has 4 aliphatic rings. The van der Waals surface area contributed by atoms with E-state index in [0.717, 1.165) is 72.7 Å². The molecule has 5 aromatic rings. The number of hydrogen-bond acceptors (Lipinski definition) is 2. The van der Waals surface area contributed by atoms with E-state index >= 15 is 0 Å². The molecule has 0 heterocycles. The molecule has 0 saturated heterocycles. The van der Waals surface area contributed by atoms with Crippen LogP contribution in [0.1, 0.15) is 56.1 Å². The Bertz CT molecular complexity index is 2800. The molecule has 4 aliphatic carbocycles. The first-order valence-electron chi connectivity index (χ1n) is 22.7. The van der Waals surface area contributed by atoms with Gasteiger partial charge in [0, 0.05) is 34.5 Å². The average Bonchev–Trinajstić information content (AvgIpc) is 3.80. The number of para-hydroxylation sites is 3. The van der Waals surface area contributed by atoms with Gasteiger partial charge in [0.15, 0.2) is 0 Å². The Hall–Kier alpha value is -7.64. The zero-order chi connectivity index (χ0) is 43.3. The Morgan fingerprint density at radius 1 is 0.562 bits per heavy atom. The SMILES string of the molecule is C=C/C=C\C(=C\C1=CCCCC=C1)C1=C(C2=CC=C(c3ccc(N(C4=CC=CC=C=C4)c4ccccc4)cc3)CC2)CCC(c2ccc(N(c3ccccc3)c3ccccc3)cc2)=C1. The van der Waals surface area contributed by atoms with Gasteiger partial charge in [-0.2, -0.15) is 0 Å². The molecule has 0 spiro atoms. The van der Waals surface area contributed by atoms with Gasteiger partial charge < -0.3 is 9.80 Å². The fraction of sp³-hybridized carbons (Fsp3) is 0.113. The van der Waals surface area contributed by atoms with Crippen LogP contribution in [-0.4, -0.2) is 0 Å². The third-order valence-electron chi connectivity index (χ3n) is 12.2. The predicted molar refractivity (Wildman–Crippen MR) is 274 cm³/mol. The van der Waals surface area contributed by atoms with Gasteiger partial charge in [-0.15, -0.1) is 5.73 Å². The number of allylic oxidation sites excluding steroid dienone is 21. The molecule has 0 bridgehead atoms. The zero-order valence-corrected chi connectivity index (χ0v) is 36.5. The number of nitrogens with zero attached hydrogens (tertiary/aromatic N) is 2. The van der Waals surface area contributed by atoms with Gasteiger partial charge in [0.05, 0.1) is 5.70 Å². The van der Waals surface area contributed by atoms with Crippen LogP contribution in [0.15, 0.2) is 277 Å². The van der Waals surface area contributed by atoms with Crippen molar-refractivity contribution in [2.75, 3.05) is 9.80 Å². The number of hydrogen-bond donors (Lipinski definition) is 0. The van der Waals surface area contributed by atoms with E-state index in [-0.39, 0.29) is 0 Å². The van der Waals surface area contributed by atoms with Gasteiger partial charge in [-0.25, -0.2) is 0 Å². The monoisotopic (exact) mass is 826 g/mol. The summed E-state index contributed by atoms with van der Waals surface area (Å²) in [5.41, 5.74) is 21.9. The Morgan fingerprint density at radius 3 is 1.78 bits per heavy atom. The van der Waals surface area contributed by atoms with E-state index in [2.05, 4.69) is 228 Å². The van der Waals surface area contributed by atoms with Crippen molar-refractivity contribution in [2.24, 2.45) is 0 Å². The first-order valence-corrected chi connectivity index (χ1v) is 22.7. The van der Waals surface area contributed by atoms with Crippen molar-refractivity contribution in [2.45, 2.75) is 44.9 Å². The second kappa shape index (κ2) is 20.5. The van der Waals surface area contributed by atoms with Crippen LogP contribution < -0.4 is 9.80 Å². The summed E-state index contributed by atoms with van der Waals surface area (Å²) in [5, 5.41) is 0. The minimum atomic E-state index is 0.977. The summed E-state index contributed by atoms with van der Waals surface area (Å²) in [5.74, 6) is 0. The van der Waals surface area contributed by atoms with Crippen LogP contribution in [0.3, 0.4) is 0 Å². The Morgan fingerprint density at radius 2 is 1.14 bits per heavy atom. The molecule has 0 saturated carbocycles. The molecule has 0 amide bonds. The molecular weight excluding hydrogens is 773 g/mol. The molecule has 9 rings (SSSR count). The first-order chi connectivity index (χ1) is 31.7. The number of anilines is 5. The molecular formula is C62H54N2. The largest absolute Gasteiger partial charge is 0.311 e. The van der Waals surface area contributed by atoms with Crippen LogP contribution in [0.2, 0.25) is 0 Å². The third-order valence-corrected chi connectivity index (χ3v) is 12.2. The van der Waals surface area contributed by atoms with Crippen molar-refractivity contribution in [1.29, 1.82) is 0 Å². The van der Waals surface area contributed by atoms with Gasteiger partial charge in [-0.05, 0) is 174 Å². The van der Waals surface area contributed by atoms with E-state index in [4.69, 9.17) is 0 Å². The molecule has 0 radical (unpaired) electrons. The highest BCUT2D eigenvalue weighted by molar-refractivity contribution is 5.81. The Kier molecular flexibility index (Phi) is 13.3. The highest BCUT2D eigenvalue weighted by Crippen LogP contribution is 2.43. The van der Waals surface area contributed by atoms with Gasteiger partial charge in [0.25, 0.3) is 0 Å². The normalized spacial score (nSPS) is 16.3. The smallest absolute Gasteiger partial charge is 0.0538 e. The fourth-order valence-electron chi connectivity index (χ4n) is 9.00. The third kappa shape index (κ3) is 9.85. The molecule has 0 N–H and O–H groups in total. The van der Waals surface area contributed by atoms with Crippen LogP contribution in [-0.2, 0) is 0 Å². The van der Waals surface area contributed by atoms with Gasteiger partial charge in [-0.3, -0.25) is 0 Å². The molecule has 2 heteroatoms. The molecule has 312 valence electrons. The van der Waals surface area contributed by atoms with Gasteiger partial charge >= 0.3 is 0 Å². The molecule has 64 heavy (non-hydrogen) atoms. The van der Waals surface area contributed by atoms with Crippen LogP contribution in [0.4, 0.5) is 28.4 Å². The summed E-state index contributed by atoms with van der Waals surface area (Å²) in [4.78, 5) is 4.61. The topological polar surface area (TPSA) is 6.48 Å². The average molecular weight is 827 g/mol. The van der Waals surface area contributed by atoms with Crippen molar-refractivity contribution in [3.05, 3.63) is 288 Å². The Balaban J connectivity index is 1.06. The quantitative estimate of drug-likeness (QED) is 0.0862. The molecule has 5 aromatic carbocycles. The standard InChI is InChI=1S/C62H54N2/c1-2-3-23-54(46-48-21-11-4-5-12-22-48)62-47-53(51-38-43-60(44-39-51)64(57-28-17-9-18-29-57)58-30-19-10-20-31-58)40-45-61(62)52-34-32-49(33-35-52)50-36-41-59(42-37-50)63(56-26-15-8-16-27-56)55-24-13-6-7-14-25-55/h2-3,6-11,13,15-32,34,36-39,41-44,46-47H,1,4-5,12,33,35,40,45H2/b23-3-,54-46-. The van der Waals surface area contributed by atoms with E-state index in [9.17, 15) is 0 Å². The lowest BCUT2D eigenvalue weighted by Gasteiger charge is -2.27. The second-order valence-electron chi connectivity index (χ2n) is 16.4. The van der Waals surface area contributed by atoms with Crippen molar-refractivity contribution < 1.29 is 0 Å². The van der Waals surface area contributed by atoms with Crippen LogP contribution in [0.25, 0.3) is 11.1 Å². The molecule has 0 aliphatic heterocycles. The van der Waals surface area contributed by atoms with Crippen molar-refractivity contribution in [3.8, 4) is 0 Å². The summed E-state index contributed by atoms with van der Waals surface area (Å²) in [6, 6.07) is 50.0. The van der Waals surface area contributed by atoms with E-state index in [0.29, 0.717) is 0 Å². The fourth-order valence-corrected chi connectivity index (χ4v) is 9.00. The molecule has 0 unspecified atom stereocenters. The Labute approximate surface area is 380 Å². The number of rotatable bonds is 13. The zero-order valence-electron chi connectivity index (χ0n) is 36.5. The van der Waals surface area contributed by atoms with Gasteiger partial charge in [0.1, 0.15) is 0 Å². The lowest BCUT2D eigenvalue weighted by molar-refractivity contribution is 0.875. The summed E-state index contributed by atoms with van der Waals surface area (Å²) in [6.07, 6.45) is 40.4. The van der Waals surface area contributed by atoms with Crippen molar-refractivity contribution in [3.63, 3.8) is 0 Å². The number of benzene rings is 5. The maximum Gasteiger partial charge on any atom is 0.0538 e.